The van der Waals surface area contributed by atoms with Gasteiger partial charge in [-0.3, -0.25) is 14.5 Å². The second-order valence-electron chi connectivity index (χ2n) is 7.44. The van der Waals surface area contributed by atoms with Gasteiger partial charge < -0.3 is 10.1 Å². The van der Waals surface area contributed by atoms with Gasteiger partial charge in [0.25, 0.3) is 5.91 Å². The molecule has 1 aliphatic rings. The quantitative estimate of drug-likeness (QED) is 0.459. The molecule has 3 aromatic carbocycles. The Hall–Kier alpha value is -4.07. The number of hydrogen-bond acceptors (Lipinski definition) is 4. The molecule has 1 N–H and O–H groups in total. The molecule has 1 atom stereocenters. The van der Waals surface area contributed by atoms with E-state index in [9.17, 15) is 23.2 Å². The number of rotatable bonds is 6. The Labute approximate surface area is 182 Å². The van der Waals surface area contributed by atoms with Gasteiger partial charge >= 0.3 is 6.03 Å². The number of nitrogens with zero attached hydrogens (tertiary/aromatic N) is 1. The van der Waals surface area contributed by atoms with Crippen LogP contribution in [0, 0.1) is 11.6 Å². The van der Waals surface area contributed by atoms with Gasteiger partial charge in [-0.2, -0.15) is 0 Å². The van der Waals surface area contributed by atoms with Crippen LogP contribution in [-0.2, 0) is 10.3 Å². The first-order chi connectivity index (χ1) is 15.3. The fraction of sp³-hybridized carbons (Fsp3) is 0.125. The van der Waals surface area contributed by atoms with Gasteiger partial charge in [0.05, 0.1) is 6.54 Å². The van der Waals surface area contributed by atoms with E-state index >= 15 is 0 Å². The number of carbonyl (C=O) groups is 3. The van der Waals surface area contributed by atoms with Crippen LogP contribution >= 0.6 is 0 Å². The summed E-state index contributed by atoms with van der Waals surface area (Å²) in [5.41, 5.74) is -1.25. The van der Waals surface area contributed by atoms with Crippen LogP contribution in [0.1, 0.15) is 22.8 Å². The predicted molar refractivity (Wildman–Crippen MR) is 111 cm³/mol. The van der Waals surface area contributed by atoms with Crippen molar-refractivity contribution in [3.8, 4) is 11.5 Å². The molecule has 4 rings (SSSR count). The third kappa shape index (κ3) is 3.94. The summed E-state index contributed by atoms with van der Waals surface area (Å²) < 4.78 is 32.6. The lowest BCUT2D eigenvalue weighted by Gasteiger charge is -2.22. The smallest absolute Gasteiger partial charge is 0.325 e. The van der Waals surface area contributed by atoms with E-state index in [0.717, 1.165) is 17.0 Å². The largest absolute Gasteiger partial charge is 0.457 e. The van der Waals surface area contributed by atoms with Crippen molar-refractivity contribution in [3.05, 3.63) is 95.6 Å². The lowest BCUT2D eigenvalue weighted by molar-refractivity contribution is -0.130. The maximum atomic E-state index is 13.6. The summed E-state index contributed by atoms with van der Waals surface area (Å²) in [6.45, 7) is 0.878. The average Bonchev–Trinajstić information content (AvgIpc) is 3.00. The van der Waals surface area contributed by atoms with Crippen LogP contribution in [0.3, 0.4) is 0 Å². The van der Waals surface area contributed by atoms with E-state index in [2.05, 4.69) is 5.32 Å². The first-order valence-corrected chi connectivity index (χ1v) is 9.74. The van der Waals surface area contributed by atoms with Gasteiger partial charge in [0.15, 0.2) is 17.4 Å². The van der Waals surface area contributed by atoms with Crippen molar-refractivity contribution in [3.63, 3.8) is 0 Å². The number of hydrogen-bond donors (Lipinski definition) is 1. The SMILES string of the molecule is CC1(c2ccc(F)c(F)c2)NC(=O)N(CC(=O)c2ccc(Oc3ccccc3)cc2)C1=O. The van der Waals surface area contributed by atoms with Crippen molar-refractivity contribution >= 4 is 17.7 Å². The highest BCUT2D eigenvalue weighted by Gasteiger charge is 2.49. The minimum Gasteiger partial charge on any atom is -0.457 e. The molecule has 1 heterocycles. The minimum atomic E-state index is -1.61. The second kappa shape index (κ2) is 8.22. The lowest BCUT2D eigenvalue weighted by Crippen LogP contribution is -2.41. The third-order valence-corrected chi connectivity index (χ3v) is 5.23. The van der Waals surface area contributed by atoms with Gasteiger partial charge in [-0.15, -0.1) is 0 Å². The summed E-state index contributed by atoms with van der Waals surface area (Å²) in [5, 5.41) is 2.46. The lowest BCUT2D eigenvalue weighted by atomic mass is 9.92. The zero-order valence-corrected chi connectivity index (χ0v) is 17.0. The fourth-order valence-corrected chi connectivity index (χ4v) is 3.41. The molecule has 0 saturated carbocycles. The number of imide groups is 1. The van der Waals surface area contributed by atoms with Gasteiger partial charge in [-0.25, -0.2) is 13.6 Å². The fourth-order valence-electron chi connectivity index (χ4n) is 3.41. The van der Waals surface area contributed by atoms with E-state index in [1.54, 1.807) is 24.3 Å². The summed E-state index contributed by atoms with van der Waals surface area (Å²) in [5.74, 6) is -2.24. The van der Waals surface area contributed by atoms with Crippen molar-refractivity contribution in [1.82, 2.24) is 10.2 Å². The Bertz CT molecular complexity index is 1200. The molecular formula is C24H18F2N2O4. The number of nitrogens with one attached hydrogen (secondary N) is 1. The molecule has 0 aromatic heterocycles. The van der Waals surface area contributed by atoms with Crippen LogP contribution < -0.4 is 10.1 Å². The average molecular weight is 436 g/mol. The van der Waals surface area contributed by atoms with E-state index in [0.29, 0.717) is 11.5 Å². The number of ketones is 1. The molecule has 32 heavy (non-hydrogen) atoms. The Balaban J connectivity index is 1.47. The van der Waals surface area contributed by atoms with Gasteiger partial charge in [-0.1, -0.05) is 24.3 Å². The Morgan fingerprint density at radius 2 is 1.59 bits per heavy atom. The summed E-state index contributed by atoms with van der Waals surface area (Å²) in [6, 6.07) is 17.6. The van der Waals surface area contributed by atoms with Crippen molar-refractivity contribution in [2.45, 2.75) is 12.5 Å². The number of amides is 3. The number of ether oxygens (including phenoxy) is 1. The molecule has 0 bridgehead atoms. The molecule has 6 nitrogen and oxygen atoms in total. The standard InChI is InChI=1S/C24H18F2N2O4/c1-24(16-9-12-19(25)20(26)13-16)22(30)28(23(31)27-24)14-21(29)15-7-10-18(11-8-15)32-17-5-3-2-4-6-17/h2-13H,14H2,1H3,(H,27,31). The van der Waals surface area contributed by atoms with Crippen molar-refractivity contribution in [2.24, 2.45) is 0 Å². The summed E-state index contributed by atoms with van der Waals surface area (Å²) in [7, 11) is 0. The third-order valence-electron chi connectivity index (χ3n) is 5.23. The van der Waals surface area contributed by atoms with Crippen LogP contribution in [0.15, 0.2) is 72.8 Å². The van der Waals surface area contributed by atoms with E-state index in [4.69, 9.17) is 4.74 Å². The maximum Gasteiger partial charge on any atom is 0.325 e. The van der Waals surface area contributed by atoms with E-state index in [1.807, 2.05) is 18.2 Å². The van der Waals surface area contributed by atoms with Gasteiger partial charge in [0.1, 0.15) is 17.0 Å². The van der Waals surface area contributed by atoms with Crippen LogP contribution in [0.5, 0.6) is 11.5 Å². The molecule has 0 aliphatic carbocycles. The van der Waals surface area contributed by atoms with Crippen LogP contribution in [0.4, 0.5) is 13.6 Å². The molecule has 8 heteroatoms. The van der Waals surface area contributed by atoms with Crippen molar-refractivity contribution in [2.75, 3.05) is 6.54 Å². The zero-order chi connectivity index (χ0) is 22.9. The molecule has 1 aliphatic heterocycles. The Morgan fingerprint density at radius 3 is 2.25 bits per heavy atom. The Morgan fingerprint density at radius 1 is 0.938 bits per heavy atom. The highest BCUT2D eigenvalue weighted by atomic mass is 19.2. The number of para-hydroxylation sites is 1. The molecule has 0 radical (unpaired) electrons. The van der Waals surface area contributed by atoms with Crippen LogP contribution in [0.25, 0.3) is 0 Å². The monoisotopic (exact) mass is 436 g/mol. The van der Waals surface area contributed by atoms with Crippen molar-refractivity contribution < 1.29 is 27.9 Å². The highest BCUT2D eigenvalue weighted by Crippen LogP contribution is 2.30. The summed E-state index contributed by atoms with van der Waals surface area (Å²) in [6.07, 6.45) is 0. The number of urea groups is 1. The van der Waals surface area contributed by atoms with Gasteiger partial charge in [0.2, 0.25) is 0 Å². The van der Waals surface area contributed by atoms with Gasteiger partial charge in [0, 0.05) is 5.56 Å². The Kier molecular flexibility index (Phi) is 5.44. The molecule has 1 fully saturated rings. The normalized spacial score (nSPS) is 17.9. The van der Waals surface area contributed by atoms with E-state index in [1.165, 1.54) is 25.1 Å². The first-order valence-electron chi connectivity index (χ1n) is 9.74. The second-order valence-corrected chi connectivity index (χ2v) is 7.44. The van der Waals surface area contributed by atoms with E-state index in [-0.39, 0.29) is 11.1 Å². The zero-order valence-electron chi connectivity index (χ0n) is 17.0. The molecule has 162 valence electrons. The topological polar surface area (TPSA) is 75.7 Å². The molecular weight excluding hydrogens is 418 g/mol. The maximum absolute atomic E-state index is 13.6. The number of Topliss-reactive ketones (excluding diaryl/α,β-unsaturated/α-hetero) is 1. The summed E-state index contributed by atoms with van der Waals surface area (Å²) in [4.78, 5) is 38.8. The number of carbonyl (C=O) groups excluding carboxylic acids is 3. The van der Waals surface area contributed by atoms with Gasteiger partial charge in [-0.05, 0) is 61.0 Å². The molecule has 3 aromatic rings. The van der Waals surface area contributed by atoms with Crippen molar-refractivity contribution in [1.29, 1.82) is 0 Å². The van der Waals surface area contributed by atoms with Crippen LogP contribution in [-0.4, -0.2) is 29.2 Å². The number of halogens is 2. The number of benzene rings is 3. The van der Waals surface area contributed by atoms with E-state index < -0.39 is 41.4 Å². The molecule has 0 spiro atoms. The predicted octanol–water partition coefficient (Wildman–Crippen LogP) is 4.41. The molecule has 1 saturated heterocycles. The first kappa shape index (κ1) is 21.2. The van der Waals surface area contributed by atoms with Crippen LogP contribution in [0.2, 0.25) is 0 Å². The minimum absolute atomic E-state index is 0.0760. The molecule has 1 unspecified atom stereocenters. The molecule has 3 amide bonds. The summed E-state index contributed by atoms with van der Waals surface area (Å²) >= 11 is 0. The highest BCUT2D eigenvalue weighted by molar-refractivity contribution is 6.11.